The second-order valence-corrected chi connectivity index (χ2v) is 5.79. The lowest BCUT2D eigenvalue weighted by molar-refractivity contribution is -0.117. The number of hydrogen-bond acceptors (Lipinski definition) is 2. The maximum atomic E-state index is 13.1. The predicted octanol–water partition coefficient (Wildman–Crippen LogP) is 3.14. The first-order valence-corrected chi connectivity index (χ1v) is 7.25. The van der Waals surface area contributed by atoms with Crippen molar-refractivity contribution in [1.82, 2.24) is 4.98 Å². The number of amides is 1. The molecule has 0 saturated heterocycles. The first-order chi connectivity index (χ1) is 10.2. The van der Waals surface area contributed by atoms with E-state index in [2.05, 4.69) is 22.4 Å². The van der Waals surface area contributed by atoms with Crippen molar-refractivity contribution in [2.75, 3.05) is 5.32 Å². The van der Waals surface area contributed by atoms with Crippen molar-refractivity contribution in [2.24, 2.45) is 11.8 Å². The molecule has 3 unspecified atom stereocenters. The quantitative estimate of drug-likeness (QED) is 0.860. The van der Waals surface area contributed by atoms with Gasteiger partial charge in [-0.3, -0.25) is 4.79 Å². The minimum absolute atomic E-state index is 0.00119. The number of aryl methyl sites for hydroxylation is 1. The average molecular weight is 282 g/mol. The van der Waals surface area contributed by atoms with Crippen LogP contribution in [0.1, 0.15) is 23.5 Å². The van der Waals surface area contributed by atoms with Crippen LogP contribution in [-0.4, -0.2) is 10.9 Å². The Balaban J connectivity index is 1.53. The van der Waals surface area contributed by atoms with Gasteiger partial charge < -0.3 is 5.32 Å². The summed E-state index contributed by atoms with van der Waals surface area (Å²) in [6.07, 6.45) is 2.09. The Morgan fingerprint density at radius 2 is 2.05 bits per heavy atom. The number of fused-ring (bicyclic) bond motifs is 3. The van der Waals surface area contributed by atoms with Gasteiger partial charge in [0.15, 0.2) is 0 Å². The van der Waals surface area contributed by atoms with Gasteiger partial charge in [-0.15, -0.1) is 0 Å². The van der Waals surface area contributed by atoms with Gasteiger partial charge >= 0.3 is 0 Å². The first-order valence-electron chi connectivity index (χ1n) is 7.25. The molecular weight excluding hydrogens is 267 g/mol. The van der Waals surface area contributed by atoms with E-state index in [1.807, 2.05) is 12.1 Å². The van der Waals surface area contributed by atoms with E-state index in [1.54, 1.807) is 12.1 Å². The van der Waals surface area contributed by atoms with E-state index in [1.165, 1.54) is 17.2 Å². The van der Waals surface area contributed by atoms with Crippen LogP contribution in [0.25, 0.3) is 0 Å². The van der Waals surface area contributed by atoms with Gasteiger partial charge in [-0.2, -0.15) is 4.39 Å². The Hall–Kier alpha value is -2.23. The van der Waals surface area contributed by atoms with E-state index in [0.717, 1.165) is 12.8 Å². The van der Waals surface area contributed by atoms with Crippen LogP contribution in [0.3, 0.4) is 0 Å². The van der Waals surface area contributed by atoms with Gasteiger partial charge in [-0.25, -0.2) is 4.98 Å². The zero-order valence-corrected chi connectivity index (χ0v) is 11.4. The fourth-order valence-electron chi connectivity index (χ4n) is 3.61. The highest BCUT2D eigenvalue weighted by Crippen LogP contribution is 2.60. The number of carbonyl (C=O) groups is 1. The third kappa shape index (κ3) is 2.11. The number of nitrogens with zero attached hydrogens (tertiary/aromatic N) is 1. The number of benzene rings is 1. The number of carbonyl (C=O) groups excluding carboxylic acids is 1. The number of anilines is 1. The molecule has 2 aliphatic carbocycles. The molecule has 2 aromatic rings. The molecule has 3 atom stereocenters. The number of halogens is 1. The standard InChI is InChI=1S/C17H15FN2O/c18-13-6-3-7-14(19-13)20-17(21)16-12-9-8-10-4-1-2-5-11(10)15(12)16/h1-7,12,15-16H,8-9H2,(H,19,20,21). The molecule has 1 N–H and O–H groups in total. The van der Waals surface area contributed by atoms with Crippen LogP contribution in [0.4, 0.5) is 10.2 Å². The largest absolute Gasteiger partial charge is 0.310 e. The zero-order valence-electron chi connectivity index (χ0n) is 11.4. The number of rotatable bonds is 2. The van der Waals surface area contributed by atoms with Gasteiger partial charge in [0.25, 0.3) is 0 Å². The van der Waals surface area contributed by atoms with Gasteiger partial charge in [0.1, 0.15) is 5.82 Å². The monoisotopic (exact) mass is 282 g/mol. The topological polar surface area (TPSA) is 42.0 Å². The van der Waals surface area contributed by atoms with Crippen LogP contribution >= 0.6 is 0 Å². The van der Waals surface area contributed by atoms with Crippen LogP contribution in [0.5, 0.6) is 0 Å². The minimum atomic E-state index is -0.577. The predicted molar refractivity (Wildman–Crippen MR) is 77.3 cm³/mol. The molecule has 0 spiro atoms. The molecule has 1 saturated carbocycles. The molecule has 4 heteroatoms. The molecule has 2 aliphatic rings. The Morgan fingerprint density at radius 3 is 2.90 bits per heavy atom. The maximum Gasteiger partial charge on any atom is 0.229 e. The average Bonchev–Trinajstić information content (AvgIpc) is 3.22. The zero-order chi connectivity index (χ0) is 14.4. The van der Waals surface area contributed by atoms with Gasteiger partial charge in [0, 0.05) is 5.92 Å². The first kappa shape index (κ1) is 12.5. The van der Waals surface area contributed by atoms with Gasteiger partial charge in [-0.1, -0.05) is 30.3 Å². The summed E-state index contributed by atoms with van der Waals surface area (Å²) in [5.41, 5.74) is 2.67. The maximum absolute atomic E-state index is 13.1. The Kier molecular flexibility index (Phi) is 2.77. The molecule has 0 bridgehead atoms. The van der Waals surface area contributed by atoms with Crippen LogP contribution in [0.2, 0.25) is 0 Å². The number of hydrogen-bond donors (Lipinski definition) is 1. The van der Waals surface area contributed by atoms with Crippen LogP contribution in [0, 0.1) is 17.8 Å². The summed E-state index contributed by atoms with van der Waals surface area (Å²) < 4.78 is 13.1. The lowest BCUT2D eigenvalue weighted by atomic mass is 9.92. The van der Waals surface area contributed by atoms with E-state index in [0.29, 0.717) is 11.8 Å². The van der Waals surface area contributed by atoms with Crippen LogP contribution in [0.15, 0.2) is 42.5 Å². The summed E-state index contributed by atoms with van der Waals surface area (Å²) in [6, 6.07) is 12.8. The van der Waals surface area contributed by atoms with E-state index in [4.69, 9.17) is 0 Å². The van der Waals surface area contributed by atoms with Gasteiger partial charge in [0.05, 0.1) is 0 Å². The van der Waals surface area contributed by atoms with Crippen molar-refractivity contribution in [2.45, 2.75) is 18.8 Å². The summed E-state index contributed by atoms with van der Waals surface area (Å²) in [6.45, 7) is 0. The van der Waals surface area contributed by atoms with Gasteiger partial charge in [-0.05, 0) is 47.9 Å². The Morgan fingerprint density at radius 1 is 1.19 bits per heavy atom. The molecule has 21 heavy (non-hydrogen) atoms. The van der Waals surface area contributed by atoms with Crippen molar-refractivity contribution < 1.29 is 9.18 Å². The smallest absolute Gasteiger partial charge is 0.229 e. The SMILES string of the molecule is O=C(Nc1cccc(F)n1)C1C2CCc3ccccc3C21. The fourth-order valence-corrected chi connectivity index (χ4v) is 3.61. The van der Waals surface area contributed by atoms with Crippen molar-refractivity contribution in [3.8, 4) is 0 Å². The summed E-state index contributed by atoms with van der Waals surface area (Å²) in [7, 11) is 0. The minimum Gasteiger partial charge on any atom is -0.310 e. The van der Waals surface area contributed by atoms with Crippen molar-refractivity contribution in [1.29, 1.82) is 0 Å². The molecule has 1 amide bonds. The number of nitrogens with one attached hydrogen (secondary N) is 1. The normalized spacial score (nSPS) is 25.7. The molecule has 1 aromatic carbocycles. The van der Waals surface area contributed by atoms with Crippen LogP contribution in [-0.2, 0) is 11.2 Å². The Labute approximate surface area is 122 Å². The summed E-state index contributed by atoms with van der Waals surface area (Å²) in [5.74, 6) is 0.416. The van der Waals surface area contributed by atoms with E-state index in [-0.39, 0.29) is 17.6 Å². The van der Waals surface area contributed by atoms with Crippen molar-refractivity contribution in [3.05, 3.63) is 59.5 Å². The molecule has 1 aromatic heterocycles. The fraction of sp³-hybridized carbons (Fsp3) is 0.294. The van der Waals surface area contributed by atoms with E-state index >= 15 is 0 Å². The molecule has 0 aliphatic heterocycles. The highest BCUT2D eigenvalue weighted by Gasteiger charge is 2.56. The summed E-state index contributed by atoms with van der Waals surface area (Å²) >= 11 is 0. The van der Waals surface area contributed by atoms with Crippen LogP contribution < -0.4 is 5.32 Å². The highest BCUT2D eigenvalue weighted by molar-refractivity contribution is 5.95. The second kappa shape index (κ2) is 4.65. The lowest BCUT2D eigenvalue weighted by Crippen LogP contribution is -2.16. The lowest BCUT2D eigenvalue weighted by Gasteiger charge is -2.13. The second-order valence-electron chi connectivity index (χ2n) is 5.79. The third-order valence-electron chi connectivity index (χ3n) is 4.60. The number of aromatic nitrogens is 1. The van der Waals surface area contributed by atoms with E-state index in [9.17, 15) is 9.18 Å². The van der Waals surface area contributed by atoms with Crippen molar-refractivity contribution in [3.63, 3.8) is 0 Å². The third-order valence-corrected chi connectivity index (χ3v) is 4.60. The molecule has 1 fully saturated rings. The van der Waals surface area contributed by atoms with Crippen molar-refractivity contribution >= 4 is 11.7 Å². The molecule has 1 heterocycles. The molecule has 4 rings (SSSR count). The highest BCUT2D eigenvalue weighted by atomic mass is 19.1. The molecule has 3 nitrogen and oxygen atoms in total. The molecule has 0 radical (unpaired) electrons. The number of pyridine rings is 1. The molecular formula is C17H15FN2O. The summed E-state index contributed by atoms with van der Waals surface area (Å²) in [5, 5.41) is 2.74. The van der Waals surface area contributed by atoms with E-state index < -0.39 is 5.95 Å². The Bertz CT molecular complexity index is 715. The van der Waals surface area contributed by atoms with Gasteiger partial charge in [0.2, 0.25) is 11.9 Å². The molecule has 106 valence electrons. The summed E-state index contributed by atoms with van der Waals surface area (Å²) in [4.78, 5) is 16.1.